The van der Waals surface area contributed by atoms with Crippen LogP contribution in [0.1, 0.15) is 22.5 Å². The van der Waals surface area contributed by atoms with Crippen molar-refractivity contribution in [2.24, 2.45) is 0 Å². The highest BCUT2D eigenvalue weighted by molar-refractivity contribution is 6.39. The zero-order valence-electron chi connectivity index (χ0n) is 17.3. The van der Waals surface area contributed by atoms with Crippen molar-refractivity contribution in [3.05, 3.63) is 88.5 Å². The molecule has 4 rings (SSSR count). The molecule has 2 heterocycles. The van der Waals surface area contributed by atoms with E-state index < -0.39 is 23.7 Å². The predicted molar refractivity (Wildman–Crippen MR) is 115 cm³/mol. The summed E-state index contributed by atoms with van der Waals surface area (Å²) < 4.78 is 15.6. The van der Waals surface area contributed by atoms with Crippen LogP contribution in [0.2, 0.25) is 0 Å². The van der Waals surface area contributed by atoms with Crippen molar-refractivity contribution in [1.29, 1.82) is 0 Å². The van der Waals surface area contributed by atoms with Crippen LogP contribution in [-0.4, -0.2) is 22.4 Å². The molecule has 4 amide bonds. The Bertz CT molecular complexity index is 1260. The molecule has 1 saturated heterocycles. The molecule has 2 aromatic carbocycles. The predicted octanol–water partition coefficient (Wildman–Crippen LogP) is 4.21. The molecule has 156 valence electrons. The zero-order chi connectivity index (χ0) is 22.3. The normalized spacial score (nSPS) is 15.5. The van der Waals surface area contributed by atoms with Crippen molar-refractivity contribution in [3.63, 3.8) is 0 Å². The SMILES string of the molecule is Cc1ccc(-n2c(C)cc(/C=C3\C(=O)NC(=O)N(c4cccc(F)c4)C3=O)c2C)cc1. The lowest BCUT2D eigenvalue weighted by atomic mass is 10.1. The maximum absolute atomic E-state index is 13.6. The summed E-state index contributed by atoms with van der Waals surface area (Å²) in [5.41, 5.74) is 4.38. The summed E-state index contributed by atoms with van der Waals surface area (Å²) in [7, 11) is 0. The summed E-state index contributed by atoms with van der Waals surface area (Å²) in [6.07, 6.45) is 1.46. The first-order valence-corrected chi connectivity index (χ1v) is 9.69. The van der Waals surface area contributed by atoms with Gasteiger partial charge >= 0.3 is 6.03 Å². The van der Waals surface area contributed by atoms with Crippen LogP contribution in [-0.2, 0) is 9.59 Å². The number of carbonyl (C=O) groups is 3. The minimum Gasteiger partial charge on any atom is -0.318 e. The highest BCUT2D eigenvalue weighted by atomic mass is 19.1. The van der Waals surface area contributed by atoms with E-state index in [0.717, 1.165) is 33.6 Å². The lowest BCUT2D eigenvalue weighted by Crippen LogP contribution is -2.54. The number of benzene rings is 2. The van der Waals surface area contributed by atoms with E-state index in [4.69, 9.17) is 0 Å². The number of urea groups is 1. The molecule has 0 radical (unpaired) electrons. The minimum absolute atomic E-state index is 0.0472. The molecule has 1 aliphatic heterocycles. The number of barbiturate groups is 1. The Morgan fingerprint density at radius 3 is 2.29 bits per heavy atom. The highest BCUT2D eigenvalue weighted by Crippen LogP contribution is 2.26. The molecule has 1 N–H and O–H groups in total. The van der Waals surface area contributed by atoms with Gasteiger partial charge in [0.05, 0.1) is 5.69 Å². The van der Waals surface area contributed by atoms with Crippen molar-refractivity contribution >= 4 is 29.6 Å². The molecule has 0 unspecified atom stereocenters. The van der Waals surface area contributed by atoms with Crippen LogP contribution in [0.5, 0.6) is 0 Å². The minimum atomic E-state index is -0.914. The Hall–Kier alpha value is -4.00. The number of halogens is 1. The van der Waals surface area contributed by atoms with Gasteiger partial charge in [-0.15, -0.1) is 0 Å². The van der Waals surface area contributed by atoms with E-state index in [9.17, 15) is 18.8 Å². The summed E-state index contributed by atoms with van der Waals surface area (Å²) >= 11 is 0. The first-order chi connectivity index (χ1) is 14.8. The maximum atomic E-state index is 13.6. The Morgan fingerprint density at radius 2 is 1.61 bits per heavy atom. The number of nitrogens with zero attached hydrogens (tertiary/aromatic N) is 2. The van der Waals surface area contributed by atoms with E-state index >= 15 is 0 Å². The number of imide groups is 2. The molecule has 0 aliphatic carbocycles. The van der Waals surface area contributed by atoms with Gasteiger partial charge < -0.3 is 4.57 Å². The number of aryl methyl sites for hydroxylation is 2. The standard InChI is InChI=1S/C24H20FN3O3/c1-14-7-9-19(10-8-14)27-15(2)11-17(16(27)3)12-21-22(29)26-24(31)28(23(21)30)20-6-4-5-18(25)13-20/h4-13H,1-3H3,(H,26,29,31)/b21-12+. The number of hydrogen-bond donors (Lipinski definition) is 1. The van der Waals surface area contributed by atoms with Crippen LogP contribution >= 0.6 is 0 Å². The van der Waals surface area contributed by atoms with Crippen molar-refractivity contribution in [3.8, 4) is 5.69 Å². The molecule has 0 bridgehead atoms. The van der Waals surface area contributed by atoms with E-state index in [0.29, 0.717) is 5.56 Å². The second kappa shape index (κ2) is 7.68. The van der Waals surface area contributed by atoms with Crippen molar-refractivity contribution in [2.75, 3.05) is 4.90 Å². The lowest BCUT2D eigenvalue weighted by Gasteiger charge is -2.26. The fourth-order valence-electron chi connectivity index (χ4n) is 3.69. The third kappa shape index (κ3) is 3.66. The zero-order valence-corrected chi connectivity index (χ0v) is 17.3. The number of carbonyl (C=O) groups excluding carboxylic acids is 3. The third-order valence-electron chi connectivity index (χ3n) is 5.23. The van der Waals surface area contributed by atoms with Crippen molar-refractivity contribution in [1.82, 2.24) is 9.88 Å². The van der Waals surface area contributed by atoms with Crippen LogP contribution in [0, 0.1) is 26.6 Å². The maximum Gasteiger partial charge on any atom is 0.335 e. The summed E-state index contributed by atoms with van der Waals surface area (Å²) in [5, 5.41) is 2.16. The molecule has 31 heavy (non-hydrogen) atoms. The summed E-state index contributed by atoms with van der Waals surface area (Å²) in [5.74, 6) is -2.19. The number of amides is 4. The Labute approximate surface area is 178 Å². The molecule has 1 aromatic heterocycles. The van der Waals surface area contributed by atoms with Gasteiger partial charge in [-0.2, -0.15) is 0 Å². The van der Waals surface area contributed by atoms with Crippen molar-refractivity contribution < 1.29 is 18.8 Å². The molecule has 0 spiro atoms. The monoisotopic (exact) mass is 417 g/mol. The van der Waals surface area contributed by atoms with E-state index in [1.165, 1.54) is 24.3 Å². The number of anilines is 1. The third-order valence-corrected chi connectivity index (χ3v) is 5.23. The topological polar surface area (TPSA) is 71.4 Å². The first-order valence-electron chi connectivity index (χ1n) is 9.69. The largest absolute Gasteiger partial charge is 0.335 e. The molecule has 6 nitrogen and oxygen atoms in total. The molecular weight excluding hydrogens is 397 g/mol. The number of hydrogen-bond acceptors (Lipinski definition) is 3. The summed E-state index contributed by atoms with van der Waals surface area (Å²) in [6, 6.07) is 14.0. The van der Waals surface area contributed by atoms with E-state index in [-0.39, 0.29) is 11.3 Å². The second-order valence-electron chi connectivity index (χ2n) is 7.44. The molecule has 0 atom stereocenters. The average Bonchev–Trinajstić information content (AvgIpc) is 2.99. The second-order valence-corrected chi connectivity index (χ2v) is 7.44. The van der Waals surface area contributed by atoms with Gasteiger partial charge in [0.1, 0.15) is 11.4 Å². The molecule has 1 aliphatic rings. The summed E-state index contributed by atoms with van der Waals surface area (Å²) in [6.45, 7) is 5.83. The highest BCUT2D eigenvalue weighted by Gasteiger charge is 2.37. The van der Waals surface area contributed by atoms with Crippen LogP contribution in [0.4, 0.5) is 14.9 Å². The lowest BCUT2D eigenvalue weighted by molar-refractivity contribution is -0.122. The molecule has 0 saturated carbocycles. The fraction of sp³-hybridized carbons (Fsp3) is 0.125. The number of aromatic nitrogens is 1. The van der Waals surface area contributed by atoms with Gasteiger partial charge in [-0.05, 0) is 68.8 Å². The smallest absolute Gasteiger partial charge is 0.318 e. The van der Waals surface area contributed by atoms with Gasteiger partial charge in [-0.25, -0.2) is 14.1 Å². The Kier molecular flexibility index (Phi) is 5.02. The van der Waals surface area contributed by atoms with Gasteiger partial charge in [0, 0.05) is 17.1 Å². The quantitative estimate of drug-likeness (QED) is 0.513. The molecule has 1 fully saturated rings. The molecule has 3 aromatic rings. The van der Waals surface area contributed by atoms with Gasteiger partial charge in [0.15, 0.2) is 0 Å². The van der Waals surface area contributed by atoms with Crippen LogP contribution in [0.3, 0.4) is 0 Å². The van der Waals surface area contributed by atoms with Crippen LogP contribution in [0.25, 0.3) is 11.8 Å². The fourth-order valence-corrected chi connectivity index (χ4v) is 3.69. The van der Waals surface area contributed by atoms with Gasteiger partial charge in [-0.1, -0.05) is 23.8 Å². The number of nitrogens with one attached hydrogen (secondary N) is 1. The van der Waals surface area contributed by atoms with Gasteiger partial charge in [-0.3, -0.25) is 14.9 Å². The van der Waals surface area contributed by atoms with E-state index in [1.54, 1.807) is 0 Å². The summed E-state index contributed by atoms with van der Waals surface area (Å²) in [4.78, 5) is 38.5. The van der Waals surface area contributed by atoms with Crippen LogP contribution < -0.4 is 10.2 Å². The first kappa shape index (κ1) is 20.3. The van der Waals surface area contributed by atoms with Crippen LogP contribution in [0.15, 0.2) is 60.2 Å². The van der Waals surface area contributed by atoms with Crippen molar-refractivity contribution in [2.45, 2.75) is 20.8 Å². The van der Waals surface area contributed by atoms with Gasteiger partial charge in [0.25, 0.3) is 11.8 Å². The Morgan fingerprint density at radius 1 is 0.903 bits per heavy atom. The van der Waals surface area contributed by atoms with E-state index in [1.807, 2.05) is 55.7 Å². The van der Waals surface area contributed by atoms with Gasteiger partial charge in [0.2, 0.25) is 0 Å². The van der Waals surface area contributed by atoms with E-state index in [2.05, 4.69) is 5.32 Å². The number of rotatable bonds is 3. The molecular formula is C24H20FN3O3. The Balaban J connectivity index is 1.76. The molecule has 7 heteroatoms. The average molecular weight is 417 g/mol.